The highest BCUT2D eigenvalue weighted by atomic mass is 28.4. The van der Waals surface area contributed by atoms with Gasteiger partial charge in [-0.25, -0.2) is 0 Å². The Labute approximate surface area is 119 Å². The standard InChI is InChI=1S/C13H28O4Si2/c1-8-11-18(14-4,15-5)13(10-3)19(16-6,17-7)12-9-2/h8-9,11-13H,10H2,1-7H3. The van der Waals surface area contributed by atoms with Gasteiger partial charge >= 0.3 is 17.1 Å². The maximum atomic E-state index is 5.81. The van der Waals surface area contributed by atoms with E-state index < -0.39 is 17.1 Å². The van der Waals surface area contributed by atoms with Crippen LogP contribution in [0.15, 0.2) is 23.6 Å². The second-order valence-corrected chi connectivity index (χ2v) is 11.4. The molecule has 0 heterocycles. The Kier molecular flexibility index (Phi) is 8.72. The molecule has 0 aliphatic rings. The van der Waals surface area contributed by atoms with Gasteiger partial charge in [0.2, 0.25) is 0 Å². The molecule has 0 rings (SSSR count). The Bertz CT molecular complexity index is 269. The molecule has 0 aliphatic carbocycles. The number of allylic oxidation sites excluding steroid dienone is 2. The van der Waals surface area contributed by atoms with Crippen molar-refractivity contribution in [2.75, 3.05) is 28.4 Å². The zero-order valence-corrected chi connectivity index (χ0v) is 15.2. The molecule has 0 aromatic rings. The molecule has 0 amide bonds. The fourth-order valence-corrected chi connectivity index (χ4v) is 11.3. The molecular weight excluding hydrogens is 276 g/mol. The lowest BCUT2D eigenvalue weighted by Gasteiger charge is -2.40. The molecule has 0 spiro atoms. The SMILES string of the molecule is CC=C[Si](OC)(OC)C(CC)[Si](C=CC)(OC)OC. The zero-order chi connectivity index (χ0) is 14.9. The van der Waals surface area contributed by atoms with Gasteiger partial charge in [0.1, 0.15) is 0 Å². The quantitative estimate of drug-likeness (QED) is 0.614. The molecule has 0 atom stereocenters. The topological polar surface area (TPSA) is 36.9 Å². The lowest BCUT2D eigenvalue weighted by Crippen LogP contribution is -2.58. The molecule has 19 heavy (non-hydrogen) atoms. The summed E-state index contributed by atoms with van der Waals surface area (Å²) in [5.74, 6) is 0. The molecule has 0 bridgehead atoms. The van der Waals surface area contributed by atoms with Gasteiger partial charge in [-0.1, -0.05) is 19.1 Å². The first-order chi connectivity index (χ1) is 9.06. The van der Waals surface area contributed by atoms with E-state index in [2.05, 4.69) is 18.3 Å². The Hall–Kier alpha value is -0.246. The van der Waals surface area contributed by atoms with Crippen LogP contribution in [0.5, 0.6) is 0 Å². The van der Waals surface area contributed by atoms with E-state index in [1.54, 1.807) is 28.4 Å². The van der Waals surface area contributed by atoms with Crippen LogP contribution in [0.4, 0.5) is 0 Å². The average Bonchev–Trinajstić information content (AvgIpc) is 2.45. The number of rotatable bonds is 9. The van der Waals surface area contributed by atoms with Crippen molar-refractivity contribution in [1.29, 1.82) is 0 Å². The van der Waals surface area contributed by atoms with Crippen molar-refractivity contribution in [2.45, 2.75) is 32.4 Å². The highest BCUT2D eigenvalue weighted by molar-refractivity contribution is 6.92. The van der Waals surface area contributed by atoms with E-state index in [9.17, 15) is 0 Å². The summed E-state index contributed by atoms with van der Waals surface area (Å²) in [5, 5.41) is 0.123. The normalized spacial score (nSPS) is 15.5. The summed E-state index contributed by atoms with van der Waals surface area (Å²) < 4.78 is 23.2. The van der Waals surface area contributed by atoms with Gasteiger partial charge in [-0.15, -0.1) is 0 Å². The molecule has 6 heteroatoms. The highest BCUT2D eigenvalue weighted by Gasteiger charge is 2.56. The van der Waals surface area contributed by atoms with Crippen molar-refractivity contribution in [3.05, 3.63) is 23.6 Å². The van der Waals surface area contributed by atoms with E-state index in [0.717, 1.165) is 6.42 Å². The summed E-state index contributed by atoms with van der Waals surface area (Å²) in [6.07, 6.45) is 4.86. The predicted octanol–water partition coefficient (Wildman–Crippen LogP) is 3.01. The first-order valence-corrected chi connectivity index (χ1v) is 10.5. The Balaban J connectivity index is 5.80. The molecule has 0 radical (unpaired) electrons. The molecule has 0 aromatic heterocycles. The lowest BCUT2D eigenvalue weighted by molar-refractivity contribution is 0.215. The third-order valence-electron chi connectivity index (χ3n) is 3.45. The third-order valence-corrected chi connectivity index (χ3v) is 12.8. The minimum atomic E-state index is -2.51. The Morgan fingerprint density at radius 2 is 1.11 bits per heavy atom. The minimum Gasteiger partial charge on any atom is -0.395 e. The largest absolute Gasteiger partial charge is 0.395 e. The van der Waals surface area contributed by atoms with Crippen molar-refractivity contribution < 1.29 is 17.7 Å². The fraction of sp³-hybridized carbons (Fsp3) is 0.692. The molecule has 4 nitrogen and oxygen atoms in total. The van der Waals surface area contributed by atoms with Crippen molar-refractivity contribution in [1.82, 2.24) is 0 Å². The summed E-state index contributed by atoms with van der Waals surface area (Å²) in [4.78, 5) is 0. The van der Waals surface area contributed by atoms with Crippen molar-refractivity contribution in [3.8, 4) is 0 Å². The van der Waals surface area contributed by atoms with Crippen LogP contribution >= 0.6 is 0 Å². The lowest BCUT2D eigenvalue weighted by atomic mass is 10.6. The highest BCUT2D eigenvalue weighted by Crippen LogP contribution is 2.38. The van der Waals surface area contributed by atoms with Crippen LogP contribution in [-0.4, -0.2) is 45.6 Å². The fourth-order valence-electron chi connectivity index (χ4n) is 2.55. The van der Waals surface area contributed by atoms with E-state index in [-0.39, 0.29) is 5.16 Å². The van der Waals surface area contributed by atoms with E-state index in [4.69, 9.17) is 17.7 Å². The number of hydrogen-bond acceptors (Lipinski definition) is 4. The van der Waals surface area contributed by atoms with Gasteiger partial charge < -0.3 is 17.7 Å². The first kappa shape index (κ1) is 18.8. The third kappa shape index (κ3) is 3.87. The first-order valence-electron chi connectivity index (χ1n) is 6.54. The van der Waals surface area contributed by atoms with Crippen LogP contribution in [0.25, 0.3) is 0 Å². The van der Waals surface area contributed by atoms with Crippen LogP contribution in [0.2, 0.25) is 5.16 Å². The van der Waals surface area contributed by atoms with E-state index in [0.29, 0.717) is 0 Å². The van der Waals surface area contributed by atoms with E-state index in [1.807, 2.05) is 26.0 Å². The van der Waals surface area contributed by atoms with Crippen LogP contribution < -0.4 is 0 Å². The maximum Gasteiger partial charge on any atom is 0.369 e. The second kappa shape index (κ2) is 8.83. The van der Waals surface area contributed by atoms with E-state index >= 15 is 0 Å². The van der Waals surface area contributed by atoms with Crippen LogP contribution in [-0.2, 0) is 17.7 Å². The zero-order valence-electron chi connectivity index (χ0n) is 13.2. The van der Waals surface area contributed by atoms with Gasteiger partial charge in [-0.05, 0) is 31.7 Å². The molecule has 0 saturated carbocycles. The van der Waals surface area contributed by atoms with Crippen LogP contribution in [0.1, 0.15) is 27.2 Å². The smallest absolute Gasteiger partial charge is 0.369 e. The van der Waals surface area contributed by atoms with Gasteiger partial charge in [0, 0.05) is 28.4 Å². The monoisotopic (exact) mass is 304 g/mol. The van der Waals surface area contributed by atoms with Crippen molar-refractivity contribution >= 4 is 17.1 Å². The molecule has 0 aliphatic heterocycles. The summed E-state index contributed by atoms with van der Waals surface area (Å²) in [6.45, 7) is 6.08. The minimum absolute atomic E-state index is 0.123. The molecule has 0 N–H and O–H groups in total. The van der Waals surface area contributed by atoms with Gasteiger partial charge in [0.05, 0.1) is 5.16 Å². The Morgan fingerprint density at radius 3 is 1.26 bits per heavy atom. The molecular formula is C13H28O4Si2. The van der Waals surface area contributed by atoms with Crippen molar-refractivity contribution in [3.63, 3.8) is 0 Å². The second-order valence-electron chi connectivity index (χ2n) is 4.22. The van der Waals surface area contributed by atoms with Gasteiger partial charge in [0.25, 0.3) is 0 Å². The number of hydrogen-bond donors (Lipinski definition) is 0. The molecule has 112 valence electrons. The maximum absolute atomic E-state index is 5.81. The van der Waals surface area contributed by atoms with Crippen LogP contribution in [0, 0.1) is 0 Å². The summed E-state index contributed by atoms with van der Waals surface area (Å²) in [6, 6.07) is 0. The summed E-state index contributed by atoms with van der Waals surface area (Å²) >= 11 is 0. The molecule has 0 aromatic carbocycles. The molecule has 0 saturated heterocycles. The summed E-state index contributed by atoms with van der Waals surface area (Å²) in [5.41, 5.74) is 4.12. The van der Waals surface area contributed by atoms with Gasteiger partial charge in [-0.3, -0.25) is 0 Å². The van der Waals surface area contributed by atoms with Gasteiger partial charge in [0.15, 0.2) is 0 Å². The predicted molar refractivity (Wildman–Crippen MR) is 83.2 cm³/mol. The van der Waals surface area contributed by atoms with Crippen LogP contribution in [0.3, 0.4) is 0 Å². The Morgan fingerprint density at radius 1 is 0.789 bits per heavy atom. The molecule has 0 unspecified atom stereocenters. The van der Waals surface area contributed by atoms with Crippen molar-refractivity contribution in [2.24, 2.45) is 0 Å². The summed E-state index contributed by atoms with van der Waals surface area (Å²) in [7, 11) is 1.81. The average molecular weight is 305 g/mol. The molecule has 0 fully saturated rings. The van der Waals surface area contributed by atoms with E-state index in [1.165, 1.54) is 0 Å². The van der Waals surface area contributed by atoms with Gasteiger partial charge in [-0.2, -0.15) is 0 Å².